The Morgan fingerprint density at radius 2 is 2.11 bits per heavy atom. The summed E-state index contributed by atoms with van der Waals surface area (Å²) in [6, 6.07) is 3.37. The molecule has 0 unspecified atom stereocenters. The fraction of sp³-hybridized carbons (Fsp3) is 0.167. The fourth-order valence-corrected chi connectivity index (χ4v) is 0.460. The molecule has 0 saturated heterocycles. The smallest absolute Gasteiger partial charge is 0.133 e. The highest BCUT2D eigenvalue weighted by molar-refractivity contribution is 5.16. The normalized spacial score (nSPS) is 8.11. The van der Waals surface area contributed by atoms with Gasteiger partial charge in [0.2, 0.25) is 0 Å². The van der Waals surface area contributed by atoms with Crippen LogP contribution in [0.25, 0.3) is 0 Å². The van der Waals surface area contributed by atoms with Gasteiger partial charge in [-0.2, -0.15) is 0 Å². The van der Waals surface area contributed by atoms with Gasteiger partial charge in [-0.1, -0.05) is 0 Å². The van der Waals surface area contributed by atoms with Crippen LogP contribution in [0.4, 0.5) is 0 Å². The molecule has 3 heteroatoms. The van der Waals surface area contributed by atoms with Crippen molar-refractivity contribution in [2.24, 2.45) is 0 Å². The van der Waals surface area contributed by atoms with Gasteiger partial charge in [0, 0.05) is 5.69 Å². The van der Waals surface area contributed by atoms with Gasteiger partial charge < -0.3 is 10.6 Å². The molecular weight excluding hydrogens is 118 g/mol. The summed E-state index contributed by atoms with van der Waals surface area (Å²) in [4.78, 5) is 3.83. The van der Waals surface area contributed by atoms with Crippen LogP contribution in [0.3, 0.4) is 0 Å². The first-order valence-electron chi connectivity index (χ1n) is 2.40. The number of aryl methyl sites for hydroxylation is 1. The molecule has 0 amide bonds. The van der Waals surface area contributed by atoms with Gasteiger partial charge >= 0.3 is 0 Å². The minimum Gasteiger partial charge on any atom is -0.506 e. The van der Waals surface area contributed by atoms with Gasteiger partial charge in [0.05, 0.1) is 6.20 Å². The first-order chi connectivity index (χ1) is 3.79. The molecule has 0 fully saturated rings. The Balaban J connectivity index is 0.000000640. The number of aromatic hydroxyl groups is 1. The molecule has 0 bridgehead atoms. The summed E-state index contributed by atoms with van der Waals surface area (Å²) in [6.07, 6.45) is 1.43. The van der Waals surface area contributed by atoms with E-state index in [0.29, 0.717) is 0 Å². The molecule has 0 aliphatic carbocycles. The Bertz CT molecular complexity index is 150. The Morgan fingerprint density at radius 1 is 1.44 bits per heavy atom. The number of pyridine rings is 1. The largest absolute Gasteiger partial charge is 0.506 e. The summed E-state index contributed by atoms with van der Waals surface area (Å²) >= 11 is 0. The molecule has 1 rings (SSSR count). The predicted molar refractivity (Wildman–Crippen MR) is 34.3 cm³/mol. The third-order valence-electron chi connectivity index (χ3n) is 0.896. The third-order valence-corrected chi connectivity index (χ3v) is 0.896. The fourth-order valence-electron chi connectivity index (χ4n) is 0.460. The van der Waals surface area contributed by atoms with Crippen LogP contribution in [0, 0.1) is 6.92 Å². The molecule has 9 heavy (non-hydrogen) atoms. The molecule has 0 aliphatic rings. The van der Waals surface area contributed by atoms with Crippen LogP contribution in [0.2, 0.25) is 0 Å². The van der Waals surface area contributed by atoms with E-state index in [0.717, 1.165) is 5.69 Å². The maximum Gasteiger partial charge on any atom is 0.133 e. The summed E-state index contributed by atoms with van der Waals surface area (Å²) in [7, 11) is 0. The average molecular weight is 127 g/mol. The lowest BCUT2D eigenvalue weighted by molar-refractivity contribution is 0.472. The number of rotatable bonds is 0. The zero-order chi connectivity index (χ0) is 5.98. The van der Waals surface area contributed by atoms with Gasteiger partial charge in [0.15, 0.2) is 0 Å². The van der Waals surface area contributed by atoms with Crippen LogP contribution in [0.5, 0.6) is 5.75 Å². The average Bonchev–Trinajstić information content (AvgIpc) is 1.77. The monoisotopic (exact) mass is 127 g/mol. The van der Waals surface area contributed by atoms with E-state index in [1.165, 1.54) is 6.20 Å². The first-order valence-corrected chi connectivity index (χ1v) is 2.40. The van der Waals surface area contributed by atoms with Crippen LogP contribution in [-0.2, 0) is 0 Å². The lowest BCUT2D eigenvalue weighted by Gasteiger charge is -1.88. The summed E-state index contributed by atoms with van der Waals surface area (Å²) in [6.45, 7) is 1.87. The van der Waals surface area contributed by atoms with Crippen molar-refractivity contribution in [2.45, 2.75) is 6.92 Å². The van der Waals surface area contributed by atoms with E-state index in [1.54, 1.807) is 12.1 Å². The molecule has 0 atom stereocenters. The zero-order valence-corrected chi connectivity index (χ0v) is 5.13. The molecule has 1 aromatic rings. The quantitative estimate of drug-likeness (QED) is 0.543. The Hall–Kier alpha value is -1.09. The molecule has 0 aromatic carbocycles. The van der Waals surface area contributed by atoms with E-state index in [9.17, 15) is 0 Å². The van der Waals surface area contributed by atoms with Crippen molar-refractivity contribution in [2.75, 3.05) is 0 Å². The van der Waals surface area contributed by atoms with Crippen molar-refractivity contribution in [1.29, 1.82) is 0 Å². The summed E-state index contributed by atoms with van der Waals surface area (Å²) < 4.78 is 0. The molecule has 1 heterocycles. The molecular formula is C6H9NO2. The Labute approximate surface area is 53.3 Å². The van der Waals surface area contributed by atoms with Crippen molar-refractivity contribution in [3.05, 3.63) is 24.0 Å². The van der Waals surface area contributed by atoms with E-state index in [4.69, 9.17) is 5.11 Å². The van der Waals surface area contributed by atoms with Crippen molar-refractivity contribution in [3.8, 4) is 5.75 Å². The van der Waals surface area contributed by atoms with Gasteiger partial charge in [0.1, 0.15) is 5.75 Å². The van der Waals surface area contributed by atoms with Crippen molar-refractivity contribution in [3.63, 3.8) is 0 Å². The highest BCUT2D eigenvalue weighted by Crippen LogP contribution is 2.03. The highest BCUT2D eigenvalue weighted by Gasteiger charge is 1.83. The second-order valence-corrected chi connectivity index (χ2v) is 1.66. The molecule has 0 radical (unpaired) electrons. The van der Waals surface area contributed by atoms with E-state index in [2.05, 4.69) is 4.98 Å². The van der Waals surface area contributed by atoms with Crippen molar-refractivity contribution >= 4 is 0 Å². The van der Waals surface area contributed by atoms with E-state index >= 15 is 0 Å². The summed E-state index contributed by atoms with van der Waals surface area (Å²) in [5.41, 5.74) is 0.919. The summed E-state index contributed by atoms with van der Waals surface area (Å²) in [5, 5.41) is 8.69. The molecule has 3 nitrogen and oxygen atoms in total. The lowest BCUT2D eigenvalue weighted by atomic mass is 10.4. The van der Waals surface area contributed by atoms with E-state index in [1.807, 2.05) is 6.92 Å². The standard InChI is InChI=1S/C6H7NO.H2O/c1-5-2-3-6(8)4-7-5;/h2-4,8H,1H3;1H2. The van der Waals surface area contributed by atoms with Crippen molar-refractivity contribution < 1.29 is 10.6 Å². The van der Waals surface area contributed by atoms with Crippen LogP contribution < -0.4 is 0 Å². The van der Waals surface area contributed by atoms with Gasteiger partial charge in [0.25, 0.3) is 0 Å². The minimum absolute atomic E-state index is 0. The minimum atomic E-state index is 0. The van der Waals surface area contributed by atoms with E-state index < -0.39 is 0 Å². The summed E-state index contributed by atoms with van der Waals surface area (Å²) in [5.74, 6) is 0.218. The lowest BCUT2D eigenvalue weighted by Crippen LogP contribution is -1.75. The van der Waals surface area contributed by atoms with Crippen LogP contribution in [-0.4, -0.2) is 15.6 Å². The molecule has 3 N–H and O–H groups in total. The van der Waals surface area contributed by atoms with Crippen LogP contribution >= 0.6 is 0 Å². The predicted octanol–water partition coefficient (Wildman–Crippen LogP) is 0.271. The topological polar surface area (TPSA) is 64.6 Å². The molecule has 1 aromatic heterocycles. The first kappa shape index (κ1) is 7.91. The highest BCUT2D eigenvalue weighted by atomic mass is 16.3. The number of hydrogen-bond acceptors (Lipinski definition) is 2. The van der Waals surface area contributed by atoms with Crippen LogP contribution in [0.15, 0.2) is 18.3 Å². The molecule has 0 aliphatic heterocycles. The molecule has 0 saturated carbocycles. The second-order valence-electron chi connectivity index (χ2n) is 1.66. The third kappa shape index (κ3) is 2.10. The Morgan fingerprint density at radius 3 is 2.44 bits per heavy atom. The van der Waals surface area contributed by atoms with Gasteiger partial charge in [-0.15, -0.1) is 0 Å². The molecule has 50 valence electrons. The second kappa shape index (κ2) is 3.04. The maximum atomic E-state index is 8.69. The molecule has 0 spiro atoms. The van der Waals surface area contributed by atoms with Crippen molar-refractivity contribution in [1.82, 2.24) is 4.98 Å². The Kier molecular flexibility index (Phi) is 2.67. The number of hydrogen-bond donors (Lipinski definition) is 1. The number of nitrogens with zero attached hydrogens (tertiary/aromatic N) is 1. The van der Waals surface area contributed by atoms with Gasteiger partial charge in [-0.05, 0) is 19.1 Å². The van der Waals surface area contributed by atoms with E-state index in [-0.39, 0.29) is 11.2 Å². The van der Waals surface area contributed by atoms with Gasteiger partial charge in [-0.25, -0.2) is 0 Å². The van der Waals surface area contributed by atoms with Crippen LogP contribution in [0.1, 0.15) is 5.69 Å². The van der Waals surface area contributed by atoms with Gasteiger partial charge in [-0.3, -0.25) is 4.98 Å². The maximum absolute atomic E-state index is 8.69. The SMILES string of the molecule is Cc1ccc(O)cn1.O. The zero-order valence-electron chi connectivity index (χ0n) is 5.13. The number of aromatic nitrogens is 1.